The second-order valence-electron chi connectivity index (χ2n) is 3.85. The van der Waals surface area contributed by atoms with E-state index < -0.39 is 0 Å². The molecule has 0 aliphatic heterocycles. The third-order valence-electron chi connectivity index (χ3n) is 2.41. The lowest BCUT2D eigenvalue weighted by atomic mass is 9.81. The van der Waals surface area contributed by atoms with Gasteiger partial charge < -0.3 is 5.11 Å². The van der Waals surface area contributed by atoms with Crippen LogP contribution in [0.25, 0.3) is 0 Å². The third kappa shape index (κ3) is 3.06. The molecule has 1 saturated carbocycles. The monoisotopic (exact) mass is 154 g/mol. The van der Waals surface area contributed by atoms with E-state index in [1.165, 1.54) is 19.3 Å². The van der Waals surface area contributed by atoms with Crippen molar-refractivity contribution in [2.45, 2.75) is 45.1 Å². The Kier molecular flexibility index (Phi) is 3.13. The molecule has 1 fully saturated rings. The zero-order valence-electron chi connectivity index (χ0n) is 7.34. The van der Waals surface area contributed by atoms with Crippen molar-refractivity contribution in [3.05, 3.63) is 12.2 Å². The van der Waals surface area contributed by atoms with Gasteiger partial charge in [0.1, 0.15) is 0 Å². The van der Waals surface area contributed by atoms with Crippen LogP contribution in [-0.4, -0.2) is 11.2 Å². The highest BCUT2D eigenvalue weighted by Gasteiger charge is 2.20. The van der Waals surface area contributed by atoms with Gasteiger partial charge in [-0.2, -0.15) is 0 Å². The molecule has 0 spiro atoms. The van der Waals surface area contributed by atoms with Crippen LogP contribution in [0.4, 0.5) is 0 Å². The standard InChI is InChI=1S/C10H18O/c1-8(2)6-10(11)7-9-4-3-5-9/h9-11H,1,3-7H2,2H3. The van der Waals surface area contributed by atoms with Gasteiger partial charge in [-0.3, -0.25) is 0 Å². The van der Waals surface area contributed by atoms with Gasteiger partial charge in [-0.05, 0) is 25.7 Å². The molecule has 1 rings (SSSR count). The molecule has 0 aromatic rings. The summed E-state index contributed by atoms with van der Waals surface area (Å²) in [4.78, 5) is 0. The lowest BCUT2D eigenvalue weighted by Crippen LogP contribution is -2.19. The summed E-state index contributed by atoms with van der Waals surface area (Å²) in [5.41, 5.74) is 1.09. The fraction of sp³-hybridized carbons (Fsp3) is 0.800. The number of hydrogen-bond acceptors (Lipinski definition) is 1. The second-order valence-corrected chi connectivity index (χ2v) is 3.85. The van der Waals surface area contributed by atoms with Crippen molar-refractivity contribution in [3.63, 3.8) is 0 Å². The average Bonchev–Trinajstić information content (AvgIpc) is 1.77. The molecule has 0 heterocycles. The van der Waals surface area contributed by atoms with Crippen molar-refractivity contribution in [2.75, 3.05) is 0 Å². The summed E-state index contributed by atoms with van der Waals surface area (Å²) in [7, 11) is 0. The van der Waals surface area contributed by atoms with E-state index in [2.05, 4.69) is 6.58 Å². The molecular formula is C10H18O. The molecule has 0 saturated heterocycles. The van der Waals surface area contributed by atoms with Gasteiger partial charge >= 0.3 is 0 Å². The van der Waals surface area contributed by atoms with Gasteiger partial charge in [-0.15, -0.1) is 6.58 Å². The van der Waals surface area contributed by atoms with E-state index in [1.807, 2.05) is 6.92 Å². The van der Waals surface area contributed by atoms with Crippen LogP contribution >= 0.6 is 0 Å². The fourth-order valence-corrected chi connectivity index (χ4v) is 1.60. The molecule has 1 nitrogen and oxygen atoms in total. The summed E-state index contributed by atoms with van der Waals surface area (Å²) < 4.78 is 0. The van der Waals surface area contributed by atoms with Crippen molar-refractivity contribution < 1.29 is 5.11 Å². The molecule has 11 heavy (non-hydrogen) atoms. The van der Waals surface area contributed by atoms with Crippen LogP contribution < -0.4 is 0 Å². The maximum Gasteiger partial charge on any atom is 0.0579 e. The van der Waals surface area contributed by atoms with Gasteiger partial charge in [0.15, 0.2) is 0 Å². The average molecular weight is 154 g/mol. The molecule has 1 N–H and O–H groups in total. The lowest BCUT2D eigenvalue weighted by Gasteiger charge is -2.27. The van der Waals surface area contributed by atoms with E-state index in [4.69, 9.17) is 0 Å². The SMILES string of the molecule is C=C(C)CC(O)CC1CCC1. The Bertz CT molecular complexity index is 136. The molecule has 1 aliphatic carbocycles. The Morgan fingerprint density at radius 1 is 1.64 bits per heavy atom. The summed E-state index contributed by atoms with van der Waals surface area (Å²) in [6.07, 6.45) is 5.67. The number of aliphatic hydroxyl groups is 1. The molecule has 1 heteroatoms. The Morgan fingerprint density at radius 2 is 2.27 bits per heavy atom. The molecule has 1 aliphatic rings. The van der Waals surface area contributed by atoms with E-state index in [0.717, 1.165) is 24.3 Å². The summed E-state index contributed by atoms with van der Waals surface area (Å²) in [6, 6.07) is 0. The van der Waals surface area contributed by atoms with Gasteiger partial charge in [-0.1, -0.05) is 24.8 Å². The normalized spacial score (nSPS) is 20.9. The first kappa shape index (κ1) is 8.79. The first-order valence-electron chi connectivity index (χ1n) is 4.51. The summed E-state index contributed by atoms with van der Waals surface area (Å²) in [5.74, 6) is 0.810. The first-order chi connectivity index (χ1) is 5.18. The van der Waals surface area contributed by atoms with Gasteiger partial charge in [-0.25, -0.2) is 0 Å². The minimum atomic E-state index is -0.127. The number of aliphatic hydroxyl groups excluding tert-OH is 1. The quantitative estimate of drug-likeness (QED) is 0.617. The maximum atomic E-state index is 9.49. The number of rotatable bonds is 4. The highest BCUT2D eigenvalue weighted by molar-refractivity contribution is 4.91. The molecule has 0 aromatic heterocycles. The highest BCUT2D eigenvalue weighted by atomic mass is 16.3. The zero-order valence-corrected chi connectivity index (χ0v) is 7.34. The number of hydrogen-bond donors (Lipinski definition) is 1. The molecular weight excluding hydrogens is 136 g/mol. The largest absolute Gasteiger partial charge is 0.393 e. The Morgan fingerprint density at radius 3 is 2.64 bits per heavy atom. The highest BCUT2D eigenvalue weighted by Crippen LogP contribution is 2.31. The molecule has 0 aromatic carbocycles. The predicted molar refractivity (Wildman–Crippen MR) is 47.4 cm³/mol. The van der Waals surface area contributed by atoms with Crippen molar-refractivity contribution >= 4 is 0 Å². The van der Waals surface area contributed by atoms with Gasteiger partial charge in [0.05, 0.1) is 6.10 Å². The lowest BCUT2D eigenvalue weighted by molar-refractivity contribution is 0.118. The molecule has 0 amide bonds. The first-order valence-corrected chi connectivity index (χ1v) is 4.51. The van der Waals surface area contributed by atoms with Crippen molar-refractivity contribution in [1.82, 2.24) is 0 Å². The Balaban J connectivity index is 2.09. The summed E-state index contributed by atoms with van der Waals surface area (Å²) in [6.45, 7) is 5.76. The van der Waals surface area contributed by atoms with E-state index in [9.17, 15) is 5.11 Å². The van der Waals surface area contributed by atoms with Crippen molar-refractivity contribution in [1.29, 1.82) is 0 Å². The second kappa shape index (κ2) is 3.91. The Labute approximate surface area is 69.1 Å². The smallest absolute Gasteiger partial charge is 0.0579 e. The van der Waals surface area contributed by atoms with Crippen LogP contribution in [0.5, 0.6) is 0 Å². The minimum absolute atomic E-state index is 0.127. The van der Waals surface area contributed by atoms with Crippen LogP contribution in [-0.2, 0) is 0 Å². The summed E-state index contributed by atoms with van der Waals surface area (Å²) >= 11 is 0. The van der Waals surface area contributed by atoms with Crippen LogP contribution in [0.3, 0.4) is 0 Å². The third-order valence-corrected chi connectivity index (χ3v) is 2.41. The van der Waals surface area contributed by atoms with Crippen LogP contribution in [0, 0.1) is 5.92 Å². The van der Waals surface area contributed by atoms with Crippen LogP contribution in [0.1, 0.15) is 39.0 Å². The summed E-state index contributed by atoms with van der Waals surface area (Å²) in [5, 5.41) is 9.49. The van der Waals surface area contributed by atoms with Crippen LogP contribution in [0.2, 0.25) is 0 Å². The van der Waals surface area contributed by atoms with Crippen molar-refractivity contribution in [2.24, 2.45) is 5.92 Å². The molecule has 0 bridgehead atoms. The van der Waals surface area contributed by atoms with Gasteiger partial charge in [0.2, 0.25) is 0 Å². The maximum absolute atomic E-state index is 9.49. The van der Waals surface area contributed by atoms with Gasteiger partial charge in [0.25, 0.3) is 0 Å². The van der Waals surface area contributed by atoms with E-state index in [1.54, 1.807) is 0 Å². The van der Waals surface area contributed by atoms with E-state index in [-0.39, 0.29) is 6.10 Å². The molecule has 0 radical (unpaired) electrons. The van der Waals surface area contributed by atoms with Crippen molar-refractivity contribution in [3.8, 4) is 0 Å². The van der Waals surface area contributed by atoms with E-state index in [0.29, 0.717) is 0 Å². The molecule has 1 unspecified atom stereocenters. The predicted octanol–water partition coefficient (Wildman–Crippen LogP) is 2.50. The van der Waals surface area contributed by atoms with Gasteiger partial charge in [0, 0.05) is 0 Å². The fourth-order valence-electron chi connectivity index (χ4n) is 1.60. The Hall–Kier alpha value is -0.300. The minimum Gasteiger partial charge on any atom is -0.393 e. The molecule has 1 atom stereocenters. The molecule has 64 valence electrons. The van der Waals surface area contributed by atoms with Crippen LogP contribution in [0.15, 0.2) is 12.2 Å². The zero-order chi connectivity index (χ0) is 8.27. The van der Waals surface area contributed by atoms with E-state index >= 15 is 0 Å². The topological polar surface area (TPSA) is 20.2 Å².